The van der Waals surface area contributed by atoms with Gasteiger partial charge in [0.05, 0.1) is 0 Å². The van der Waals surface area contributed by atoms with E-state index in [1.54, 1.807) is 0 Å². The number of rotatable bonds is 7. The molecule has 0 aromatic heterocycles. The zero-order valence-electron chi connectivity index (χ0n) is 14.3. The Morgan fingerprint density at radius 2 is 1.95 bits per heavy atom. The number of nitrogens with one attached hydrogen (secondary N) is 1. The maximum Gasteiger partial charge on any atom is 0.0394 e. The third-order valence-corrected chi connectivity index (χ3v) is 4.86. The summed E-state index contributed by atoms with van der Waals surface area (Å²) in [6.07, 6.45) is 6.87. The highest BCUT2D eigenvalue weighted by molar-refractivity contribution is 5.53. The molecule has 0 radical (unpaired) electrons. The molecule has 0 spiro atoms. The molecule has 118 valence electrons. The molecule has 0 heterocycles. The van der Waals surface area contributed by atoms with E-state index in [9.17, 15) is 0 Å². The van der Waals surface area contributed by atoms with Crippen LogP contribution in [-0.4, -0.2) is 26.2 Å². The van der Waals surface area contributed by atoms with Gasteiger partial charge < -0.3 is 10.2 Å². The Bertz CT molecular complexity index is 435. The third kappa shape index (κ3) is 4.47. The quantitative estimate of drug-likeness (QED) is 0.805. The first-order valence-electron chi connectivity index (χ1n) is 8.63. The van der Waals surface area contributed by atoms with Gasteiger partial charge in [0.1, 0.15) is 0 Å². The van der Waals surface area contributed by atoms with Crippen molar-refractivity contribution in [1.82, 2.24) is 5.32 Å². The molecule has 2 nitrogen and oxygen atoms in total. The lowest BCUT2D eigenvalue weighted by atomic mass is 9.97. The molecule has 2 rings (SSSR count). The summed E-state index contributed by atoms with van der Waals surface area (Å²) in [5, 5.41) is 3.80. The number of aryl methyl sites for hydroxylation is 2. The van der Waals surface area contributed by atoms with Crippen LogP contribution < -0.4 is 10.2 Å². The van der Waals surface area contributed by atoms with Crippen molar-refractivity contribution in [2.45, 2.75) is 58.9 Å². The van der Waals surface area contributed by atoms with E-state index in [0.29, 0.717) is 6.04 Å². The van der Waals surface area contributed by atoms with E-state index in [-0.39, 0.29) is 0 Å². The van der Waals surface area contributed by atoms with Crippen molar-refractivity contribution < 1.29 is 0 Å². The predicted molar refractivity (Wildman–Crippen MR) is 93.2 cm³/mol. The summed E-state index contributed by atoms with van der Waals surface area (Å²) in [6, 6.07) is 7.42. The number of nitrogens with zero attached hydrogens (tertiary/aromatic N) is 1. The highest BCUT2D eigenvalue weighted by Gasteiger charge is 2.25. The van der Waals surface area contributed by atoms with E-state index in [1.165, 1.54) is 48.9 Å². The van der Waals surface area contributed by atoms with Gasteiger partial charge in [-0.15, -0.1) is 0 Å². The maximum atomic E-state index is 3.80. The standard InChI is InChI=1S/C19H32N2/c1-5-12-20-18(17-8-6-7-9-17)14-21(4)19-11-10-15(2)13-16(19)3/h10-11,13,17-18,20H,5-9,12,14H2,1-4H3. The Labute approximate surface area is 130 Å². The van der Waals surface area contributed by atoms with Crippen molar-refractivity contribution >= 4 is 5.69 Å². The molecule has 1 aliphatic carbocycles. The molecule has 2 heteroatoms. The molecule has 1 fully saturated rings. The molecule has 1 unspecified atom stereocenters. The van der Waals surface area contributed by atoms with Gasteiger partial charge in [0.2, 0.25) is 0 Å². The number of hydrogen-bond acceptors (Lipinski definition) is 2. The van der Waals surface area contributed by atoms with Gasteiger partial charge in [-0.05, 0) is 57.2 Å². The summed E-state index contributed by atoms with van der Waals surface area (Å²) in [5.41, 5.74) is 4.11. The Balaban J connectivity index is 2.03. The molecule has 0 saturated heterocycles. The fourth-order valence-electron chi connectivity index (χ4n) is 3.70. The molecule has 1 N–H and O–H groups in total. The molecule has 21 heavy (non-hydrogen) atoms. The van der Waals surface area contributed by atoms with Crippen LogP contribution >= 0.6 is 0 Å². The van der Waals surface area contributed by atoms with Gasteiger partial charge >= 0.3 is 0 Å². The van der Waals surface area contributed by atoms with Crippen molar-refractivity contribution in [1.29, 1.82) is 0 Å². The van der Waals surface area contributed by atoms with Gasteiger partial charge in [0, 0.05) is 25.3 Å². The van der Waals surface area contributed by atoms with E-state index in [1.807, 2.05) is 0 Å². The van der Waals surface area contributed by atoms with Crippen molar-refractivity contribution in [2.75, 3.05) is 25.0 Å². The molecule has 1 saturated carbocycles. The maximum absolute atomic E-state index is 3.80. The molecule has 1 aliphatic rings. The van der Waals surface area contributed by atoms with Crippen LogP contribution in [0.1, 0.15) is 50.2 Å². The van der Waals surface area contributed by atoms with Crippen LogP contribution in [0.2, 0.25) is 0 Å². The fraction of sp³-hybridized carbons (Fsp3) is 0.684. The van der Waals surface area contributed by atoms with Gasteiger partial charge in [0.15, 0.2) is 0 Å². The van der Waals surface area contributed by atoms with Gasteiger partial charge in [-0.3, -0.25) is 0 Å². The number of likely N-dealkylation sites (N-methyl/N-ethyl adjacent to an activating group) is 1. The smallest absolute Gasteiger partial charge is 0.0394 e. The van der Waals surface area contributed by atoms with Crippen molar-refractivity contribution in [2.24, 2.45) is 5.92 Å². The first-order valence-corrected chi connectivity index (χ1v) is 8.63. The van der Waals surface area contributed by atoms with E-state index in [4.69, 9.17) is 0 Å². The minimum absolute atomic E-state index is 0.637. The Hall–Kier alpha value is -1.02. The van der Waals surface area contributed by atoms with Crippen molar-refractivity contribution in [3.8, 4) is 0 Å². The summed E-state index contributed by atoms with van der Waals surface area (Å²) < 4.78 is 0. The molecule has 0 bridgehead atoms. The second-order valence-electron chi connectivity index (χ2n) is 6.78. The largest absolute Gasteiger partial charge is 0.373 e. The summed E-state index contributed by atoms with van der Waals surface area (Å²) in [7, 11) is 2.24. The Morgan fingerprint density at radius 3 is 2.57 bits per heavy atom. The van der Waals surface area contributed by atoms with Crippen LogP contribution in [-0.2, 0) is 0 Å². The second kappa shape index (κ2) is 7.84. The van der Waals surface area contributed by atoms with Crippen LogP contribution in [0.3, 0.4) is 0 Å². The summed E-state index contributed by atoms with van der Waals surface area (Å²) in [5.74, 6) is 0.866. The van der Waals surface area contributed by atoms with Crippen LogP contribution in [0.25, 0.3) is 0 Å². The lowest BCUT2D eigenvalue weighted by molar-refractivity contribution is 0.361. The molecule has 1 aromatic carbocycles. The van der Waals surface area contributed by atoms with Gasteiger partial charge in [-0.25, -0.2) is 0 Å². The zero-order valence-corrected chi connectivity index (χ0v) is 14.3. The average molecular weight is 288 g/mol. The highest BCUT2D eigenvalue weighted by atomic mass is 15.1. The third-order valence-electron chi connectivity index (χ3n) is 4.86. The monoisotopic (exact) mass is 288 g/mol. The van der Waals surface area contributed by atoms with Gasteiger partial charge in [0.25, 0.3) is 0 Å². The van der Waals surface area contributed by atoms with Gasteiger partial charge in [-0.2, -0.15) is 0 Å². The number of anilines is 1. The lowest BCUT2D eigenvalue weighted by Crippen LogP contribution is -2.44. The van der Waals surface area contributed by atoms with Crippen molar-refractivity contribution in [3.63, 3.8) is 0 Å². The predicted octanol–water partition coefficient (Wildman–Crippen LogP) is 4.30. The first kappa shape index (κ1) is 16.4. The Morgan fingerprint density at radius 1 is 1.24 bits per heavy atom. The SMILES string of the molecule is CCCNC(CN(C)c1ccc(C)cc1C)C1CCCC1. The van der Waals surface area contributed by atoms with Gasteiger partial charge in [-0.1, -0.05) is 37.5 Å². The van der Waals surface area contributed by atoms with Crippen LogP contribution in [0, 0.1) is 19.8 Å². The second-order valence-corrected chi connectivity index (χ2v) is 6.78. The van der Waals surface area contributed by atoms with Crippen LogP contribution in [0.15, 0.2) is 18.2 Å². The van der Waals surface area contributed by atoms with E-state index in [2.05, 4.69) is 56.2 Å². The van der Waals surface area contributed by atoms with E-state index in [0.717, 1.165) is 19.0 Å². The molecular weight excluding hydrogens is 256 g/mol. The minimum Gasteiger partial charge on any atom is -0.373 e. The molecular formula is C19H32N2. The summed E-state index contributed by atoms with van der Waals surface area (Å²) >= 11 is 0. The van der Waals surface area contributed by atoms with Crippen LogP contribution in [0.5, 0.6) is 0 Å². The van der Waals surface area contributed by atoms with Crippen molar-refractivity contribution in [3.05, 3.63) is 29.3 Å². The number of hydrogen-bond donors (Lipinski definition) is 1. The Kier molecular flexibility index (Phi) is 6.10. The molecule has 1 atom stereocenters. The van der Waals surface area contributed by atoms with E-state index >= 15 is 0 Å². The summed E-state index contributed by atoms with van der Waals surface area (Å²) in [4.78, 5) is 2.44. The molecule has 1 aromatic rings. The minimum atomic E-state index is 0.637. The zero-order chi connectivity index (χ0) is 15.2. The first-order chi connectivity index (χ1) is 10.1. The normalized spacial score (nSPS) is 17.1. The molecule has 0 aliphatic heterocycles. The fourth-order valence-corrected chi connectivity index (χ4v) is 3.70. The molecule has 0 amide bonds. The topological polar surface area (TPSA) is 15.3 Å². The highest BCUT2D eigenvalue weighted by Crippen LogP contribution is 2.29. The van der Waals surface area contributed by atoms with E-state index < -0.39 is 0 Å². The summed E-state index contributed by atoms with van der Waals surface area (Å²) in [6.45, 7) is 8.91. The lowest BCUT2D eigenvalue weighted by Gasteiger charge is -2.31. The van der Waals surface area contributed by atoms with Crippen LogP contribution in [0.4, 0.5) is 5.69 Å². The average Bonchev–Trinajstić information content (AvgIpc) is 2.97. The number of benzene rings is 1.